The molecule has 1 aliphatic heterocycles. The Morgan fingerprint density at radius 3 is 2.29 bits per heavy atom. The summed E-state index contributed by atoms with van der Waals surface area (Å²) in [5.41, 5.74) is 0. The summed E-state index contributed by atoms with van der Waals surface area (Å²) >= 11 is 0. The fourth-order valence-electron chi connectivity index (χ4n) is 2.34. The highest BCUT2D eigenvalue weighted by atomic mass is 32.2. The van der Waals surface area contributed by atoms with Gasteiger partial charge in [0.1, 0.15) is 0 Å². The second kappa shape index (κ2) is 6.71. The number of hydrogen-bond donors (Lipinski definition) is 1. The molecule has 1 atom stereocenters. The standard InChI is InChI=1S/C12H26N2O2S/c1-4-17(15,16)13-10-12(9-11(2)3)14-7-5-6-8-14/h11-13H,4-10H2,1-3H3. The van der Waals surface area contributed by atoms with E-state index < -0.39 is 10.0 Å². The maximum atomic E-state index is 11.5. The van der Waals surface area contributed by atoms with E-state index in [1.807, 2.05) is 0 Å². The fraction of sp³-hybridized carbons (Fsp3) is 1.00. The lowest BCUT2D eigenvalue weighted by Crippen LogP contribution is -2.43. The third-order valence-corrected chi connectivity index (χ3v) is 4.69. The molecule has 1 N–H and O–H groups in total. The summed E-state index contributed by atoms with van der Waals surface area (Å²) in [5, 5.41) is 0. The van der Waals surface area contributed by atoms with Crippen molar-refractivity contribution in [2.45, 2.75) is 46.1 Å². The van der Waals surface area contributed by atoms with Crippen LogP contribution in [0.5, 0.6) is 0 Å². The smallest absolute Gasteiger partial charge is 0.211 e. The molecule has 1 saturated heterocycles. The third kappa shape index (κ3) is 5.36. The molecule has 0 aromatic heterocycles. The predicted molar refractivity (Wildman–Crippen MR) is 71.5 cm³/mol. The van der Waals surface area contributed by atoms with Crippen LogP contribution in [0.25, 0.3) is 0 Å². The highest BCUT2D eigenvalue weighted by molar-refractivity contribution is 7.89. The number of hydrogen-bond acceptors (Lipinski definition) is 3. The summed E-state index contributed by atoms with van der Waals surface area (Å²) in [4.78, 5) is 2.43. The Labute approximate surface area is 106 Å². The molecule has 102 valence electrons. The maximum Gasteiger partial charge on any atom is 0.211 e. The molecule has 0 saturated carbocycles. The number of sulfonamides is 1. The van der Waals surface area contributed by atoms with Crippen molar-refractivity contribution in [3.05, 3.63) is 0 Å². The monoisotopic (exact) mass is 262 g/mol. The first-order valence-electron chi connectivity index (χ1n) is 6.66. The van der Waals surface area contributed by atoms with Gasteiger partial charge in [-0.15, -0.1) is 0 Å². The van der Waals surface area contributed by atoms with Crippen molar-refractivity contribution in [1.29, 1.82) is 0 Å². The van der Waals surface area contributed by atoms with Crippen LogP contribution < -0.4 is 4.72 Å². The maximum absolute atomic E-state index is 11.5. The summed E-state index contributed by atoms with van der Waals surface area (Å²) in [6, 6.07) is 0.360. The highest BCUT2D eigenvalue weighted by Crippen LogP contribution is 2.17. The average molecular weight is 262 g/mol. The zero-order chi connectivity index (χ0) is 12.9. The van der Waals surface area contributed by atoms with Crippen LogP contribution in [-0.2, 0) is 10.0 Å². The van der Waals surface area contributed by atoms with Gasteiger partial charge >= 0.3 is 0 Å². The Kier molecular flexibility index (Phi) is 5.89. The normalized spacial score (nSPS) is 20.0. The van der Waals surface area contributed by atoms with Gasteiger partial charge in [0.15, 0.2) is 0 Å². The van der Waals surface area contributed by atoms with E-state index in [-0.39, 0.29) is 5.75 Å². The molecule has 0 bridgehead atoms. The van der Waals surface area contributed by atoms with Gasteiger partial charge in [-0.25, -0.2) is 13.1 Å². The van der Waals surface area contributed by atoms with Crippen molar-refractivity contribution in [2.24, 2.45) is 5.92 Å². The molecule has 0 aromatic rings. The first-order chi connectivity index (χ1) is 7.94. The molecule has 5 heteroatoms. The van der Waals surface area contributed by atoms with Crippen molar-refractivity contribution in [3.8, 4) is 0 Å². The van der Waals surface area contributed by atoms with Crippen LogP contribution in [0.1, 0.15) is 40.0 Å². The largest absolute Gasteiger partial charge is 0.299 e. The van der Waals surface area contributed by atoms with E-state index in [4.69, 9.17) is 0 Å². The van der Waals surface area contributed by atoms with Crippen LogP contribution in [0.2, 0.25) is 0 Å². The van der Waals surface area contributed by atoms with E-state index in [1.54, 1.807) is 6.92 Å². The second-order valence-electron chi connectivity index (χ2n) is 5.28. The minimum absolute atomic E-state index is 0.168. The first kappa shape index (κ1) is 14.9. The average Bonchev–Trinajstić information content (AvgIpc) is 2.77. The SMILES string of the molecule is CCS(=O)(=O)NCC(CC(C)C)N1CCCC1. The van der Waals surface area contributed by atoms with E-state index in [0.717, 1.165) is 19.5 Å². The van der Waals surface area contributed by atoms with E-state index in [9.17, 15) is 8.42 Å². The lowest BCUT2D eigenvalue weighted by atomic mass is 10.0. The summed E-state index contributed by atoms with van der Waals surface area (Å²) in [6.07, 6.45) is 3.55. The Balaban J connectivity index is 2.51. The summed E-state index contributed by atoms with van der Waals surface area (Å²) in [6.45, 7) is 8.86. The lowest BCUT2D eigenvalue weighted by molar-refractivity contribution is 0.214. The van der Waals surface area contributed by atoms with Gasteiger partial charge < -0.3 is 0 Å². The molecule has 0 aromatic carbocycles. The second-order valence-corrected chi connectivity index (χ2v) is 7.37. The molecular weight excluding hydrogens is 236 g/mol. The summed E-state index contributed by atoms with van der Waals surface area (Å²) in [7, 11) is -3.06. The van der Waals surface area contributed by atoms with E-state index >= 15 is 0 Å². The van der Waals surface area contributed by atoms with Gasteiger partial charge in [0.25, 0.3) is 0 Å². The van der Waals surface area contributed by atoms with Crippen molar-refractivity contribution in [1.82, 2.24) is 9.62 Å². The van der Waals surface area contributed by atoms with Crippen molar-refractivity contribution in [2.75, 3.05) is 25.4 Å². The molecule has 0 amide bonds. The molecule has 1 rings (SSSR count). The number of nitrogens with one attached hydrogen (secondary N) is 1. The van der Waals surface area contributed by atoms with Gasteiger partial charge in [-0.3, -0.25) is 4.90 Å². The van der Waals surface area contributed by atoms with Gasteiger partial charge in [0, 0.05) is 12.6 Å². The summed E-state index contributed by atoms with van der Waals surface area (Å²) in [5.74, 6) is 0.772. The van der Waals surface area contributed by atoms with Gasteiger partial charge in [0.05, 0.1) is 5.75 Å². The van der Waals surface area contributed by atoms with Crippen LogP contribution in [-0.4, -0.2) is 44.7 Å². The van der Waals surface area contributed by atoms with Crippen LogP contribution in [0.4, 0.5) is 0 Å². The van der Waals surface area contributed by atoms with Crippen LogP contribution in [0.3, 0.4) is 0 Å². The minimum Gasteiger partial charge on any atom is -0.299 e. The van der Waals surface area contributed by atoms with E-state index in [1.165, 1.54) is 12.8 Å². The van der Waals surface area contributed by atoms with Gasteiger partial charge in [-0.2, -0.15) is 0 Å². The molecule has 1 heterocycles. The van der Waals surface area contributed by atoms with Gasteiger partial charge in [-0.1, -0.05) is 13.8 Å². The topological polar surface area (TPSA) is 49.4 Å². The predicted octanol–water partition coefficient (Wildman–Crippen LogP) is 1.44. The Morgan fingerprint density at radius 1 is 1.24 bits per heavy atom. The molecule has 1 aliphatic rings. The Bertz CT molecular complexity index is 308. The zero-order valence-corrected chi connectivity index (χ0v) is 12.1. The first-order valence-corrected chi connectivity index (χ1v) is 8.31. The van der Waals surface area contributed by atoms with Gasteiger partial charge in [0.2, 0.25) is 10.0 Å². The molecule has 0 radical (unpaired) electrons. The fourth-order valence-corrected chi connectivity index (χ4v) is 2.99. The third-order valence-electron chi connectivity index (χ3n) is 3.32. The Morgan fingerprint density at radius 2 is 1.82 bits per heavy atom. The molecule has 17 heavy (non-hydrogen) atoms. The Hall–Kier alpha value is -0.130. The molecule has 4 nitrogen and oxygen atoms in total. The van der Waals surface area contributed by atoms with Crippen molar-refractivity contribution >= 4 is 10.0 Å². The number of rotatable bonds is 7. The van der Waals surface area contributed by atoms with E-state index in [2.05, 4.69) is 23.5 Å². The van der Waals surface area contributed by atoms with Crippen molar-refractivity contribution < 1.29 is 8.42 Å². The molecule has 1 unspecified atom stereocenters. The quantitative estimate of drug-likeness (QED) is 0.755. The molecule has 0 spiro atoms. The van der Waals surface area contributed by atoms with Crippen LogP contribution in [0.15, 0.2) is 0 Å². The van der Waals surface area contributed by atoms with Gasteiger partial charge in [-0.05, 0) is 45.2 Å². The number of nitrogens with zero attached hydrogens (tertiary/aromatic N) is 1. The summed E-state index contributed by atoms with van der Waals surface area (Å²) < 4.78 is 25.7. The van der Waals surface area contributed by atoms with Crippen LogP contribution >= 0.6 is 0 Å². The van der Waals surface area contributed by atoms with Crippen LogP contribution in [0, 0.1) is 5.92 Å². The zero-order valence-electron chi connectivity index (χ0n) is 11.3. The van der Waals surface area contributed by atoms with Crippen molar-refractivity contribution in [3.63, 3.8) is 0 Å². The highest BCUT2D eigenvalue weighted by Gasteiger charge is 2.23. The van der Waals surface area contributed by atoms with E-state index in [0.29, 0.717) is 18.5 Å². The molecular formula is C12H26N2O2S. The number of likely N-dealkylation sites (tertiary alicyclic amines) is 1. The lowest BCUT2D eigenvalue weighted by Gasteiger charge is -2.29. The molecule has 0 aliphatic carbocycles. The molecule has 1 fully saturated rings. The minimum atomic E-state index is -3.06.